The third kappa shape index (κ3) is 2.96. The highest BCUT2D eigenvalue weighted by Crippen LogP contribution is 2.26. The average Bonchev–Trinajstić information content (AvgIpc) is 2.51. The zero-order chi connectivity index (χ0) is 14.6. The van der Waals surface area contributed by atoms with E-state index in [1.54, 1.807) is 7.11 Å². The predicted molar refractivity (Wildman–Crippen MR) is 80.8 cm³/mol. The first kappa shape index (κ1) is 14.9. The number of fused-ring (bicyclic) bond motifs is 1. The monoisotopic (exact) mass is 276 g/mol. The van der Waals surface area contributed by atoms with Gasteiger partial charge >= 0.3 is 0 Å². The van der Waals surface area contributed by atoms with Crippen LogP contribution in [0.15, 0.2) is 18.2 Å². The Kier molecular flexibility index (Phi) is 4.65. The Morgan fingerprint density at radius 3 is 3.00 bits per heavy atom. The Bertz CT molecular complexity index is 481. The summed E-state index contributed by atoms with van der Waals surface area (Å²) in [5.41, 5.74) is 2.93. The summed E-state index contributed by atoms with van der Waals surface area (Å²) < 4.78 is 5.32. The summed E-state index contributed by atoms with van der Waals surface area (Å²) in [5.74, 6) is -0.0593. The van der Waals surface area contributed by atoms with Crippen LogP contribution in [-0.4, -0.2) is 25.2 Å². The number of methoxy groups -OCH3 is 1. The first-order valence-corrected chi connectivity index (χ1v) is 7.29. The molecule has 0 bridgehead atoms. The van der Waals surface area contributed by atoms with Crippen LogP contribution >= 0.6 is 0 Å². The van der Waals surface area contributed by atoms with Crippen LogP contribution < -0.4 is 10.6 Å². The van der Waals surface area contributed by atoms with Crippen molar-refractivity contribution in [2.24, 2.45) is 0 Å². The molecule has 0 aromatic heterocycles. The number of aryl methyl sites for hydroxylation is 1. The molecule has 1 aliphatic rings. The number of carbonyl (C=O) groups is 1. The summed E-state index contributed by atoms with van der Waals surface area (Å²) in [6, 6.07) is 6.27. The lowest BCUT2D eigenvalue weighted by atomic mass is 9.98. The van der Waals surface area contributed by atoms with Gasteiger partial charge in [0.15, 0.2) is 0 Å². The number of nitrogens with one attached hydrogen (secondary N) is 2. The summed E-state index contributed by atoms with van der Waals surface area (Å²) >= 11 is 0. The third-order valence-corrected chi connectivity index (χ3v) is 4.21. The smallest absolute Gasteiger partial charge is 0.252 e. The van der Waals surface area contributed by atoms with E-state index in [1.165, 1.54) is 17.7 Å². The molecule has 110 valence electrons. The van der Waals surface area contributed by atoms with Gasteiger partial charge in [-0.3, -0.25) is 4.79 Å². The van der Waals surface area contributed by atoms with E-state index in [1.807, 2.05) is 13.8 Å². The quantitative estimate of drug-likeness (QED) is 0.868. The number of rotatable bonds is 5. The molecule has 0 radical (unpaired) electrons. The zero-order valence-electron chi connectivity index (χ0n) is 12.6. The number of ether oxygens (including phenoxy) is 1. The van der Waals surface area contributed by atoms with Gasteiger partial charge in [0.2, 0.25) is 0 Å². The molecule has 0 saturated carbocycles. The molecule has 0 aliphatic carbocycles. The molecule has 2 rings (SSSR count). The molecule has 1 aromatic rings. The summed E-state index contributed by atoms with van der Waals surface area (Å²) in [5, 5.41) is 6.43. The molecule has 1 amide bonds. The highest BCUT2D eigenvalue weighted by molar-refractivity contribution is 5.84. The molecule has 1 heterocycles. The van der Waals surface area contributed by atoms with Crippen molar-refractivity contribution in [3.8, 4) is 0 Å². The Labute approximate surface area is 120 Å². The molecule has 0 saturated heterocycles. The van der Waals surface area contributed by atoms with Gasteiger partial charge in [-0.05, 0) is 37.3 Å². The Balaban J connectivity index is 2.06. The minimum absolute atomic E-state index is 0.0593. The van der Waals surface area contributed by atoms with E-state index in [4.69, 9.17) is 4.74 Å². The van der Waals surface area contributed by atoms with Crippen LogP contribution in [0.1, 0.15) is 37.8 Å². The highest BCUT2D eigenvalue weighted by atomic mass is 16.5. The number of para-hydroxylation sites is 1. The maximum absolute atomic E-state index is 12.2. The van der Waals surface area contributed by atoms with Gasteiger partial charge in [-0.15, -0.1) is 0 Å². The topological polar surface area (TPSA) is 50.4 Å². The maximum atomic E-state index is 12.2. The second-order valence-corrected chi connectivity index (χ2v) is 5.45. The number of carbonyl (C=O) groups excluding carboxylic acids is 1. The largest absolute Gasteiger partial charge is 0.385 e. The van der Waals surface area contributed by atoms with Crippen LogP contribution in [0.5, 0.6) is 0 Å². The number of anilines is 1. The molecule has 1 aliphatic heterocycles. The third-order valence-electron chi connectivity index (χ3n) is 4.21. The van der Waals surface area contributed by atoms with Gasteiger partial charge in [0.05, 0.1) is 0 Å². The van der Waals surface area contributed by atoms with E-state index in [0.717, 1.165) is 18.5 Å². The molecule has 2 N–H and O–H groups in total. The van der Waals surface area contributed by atoms with Crippen LogP contribution in [-0.2, 0) is 22.5 Å². The predicted octanol–water partition coefficient (Wildman–Crippen LogP) is 2.48. The van der Waals surface area contributed by atoms with Gasteiger partial charge in [-0.1, -0.05) is 25.1 Å². The number of hydrogen-bond donors (Lipinski definition) is 2. The van der Waals surface area contributed by atoms with E-state index < -0.39 is 5.60 Å². The fraction of sp³-hybridized carbons (Fsp3) is 0.562. The van der Waals surface area contributed by atoms with Gasteiger partial charge in [0, 0.05) is 25.9 Å². The molecular weight excluding hydrogens is 252 g/mol. The van der Waals surface area contributed by atoms with E-state index in [2.05, 4.69) is 28.8 Å². The summed E-state index contributed by atoms with van der Waals surface area (Å²) in [6.07, 6.45) is 2.93. The molecular formula is C16H24N2O2. The minimum Gasteiger partial charge on any atom is -0.385 e. The van der Waals surface area contributed by atoms with Crippen LogP contribution in [0.3, 0.4) is 0 Å². The molecule has 1 unspecified atom stereocenters. The van der Waals surface area contributed by atoms with Crippen molar-refractivity contribution in [2.75, 3.05) is 19.0 Å². The first-order valence-electron chi connectivity index (χ1n) is 7.29. The lowest BCUT2D eigenvalue weighted by Gasteiger charge is -2.26. The van der Waals surface area contributed by atoms with Gasteiger partial charge in [-0.2, -0.15) is 0 Å². The Morgan fingerprint density at radius 1 is 1.50 bits per heavy atom. The fourth-order valence-electron chi connectivity index (χ4n) is 2.49. The average molecular weight is 276 g/mol. The lowest BCUT2D eigenvalue weighted by molar-refractivity contribution is -0.142. The molecule has 4 heteroatoms. The van der Waals surface area contributed by atoms with Gasteiger partial charge < -0.3 is 15.4 Å². The van der Waals surface area contributed by atoms with Crippen molar-refractivity contribution in [3.63, 3.8) is 0 Å². The molecule has 1 atom stereocenters. The first-order chi connectivity index (χ1) is 9.60. The van der Waals surface area contributed by atoms with Crippen molar-refractivity contribution in [1.29, 1.82) is 0 Å². The van der Waals surface area contributed by atoms with Gasteiger partial charge in [0.25, 0.3) is 5.91 Å². The van der Waals surface area contributed by atoms with Crippen LogP contribution in [0.4, 0.5) is 5.69 Å². The van der Waals surface area contributed by atoms with Crippen molar-refractivity contribution in [1.82, 2.24) is 5.32 Å². The Morgan fingerprint density at radius 2 is 2.30 bits per heavy atom. The number of benzene rings is 1. The lowest BCUT2D eigenvalue weighted by Crippen LogP contribution is -2.45. The van der Waals surface area contributed by atoms with E-state index in [9.17, 15) is 4.79 Å². The van der Waals surface area contributed by atoms with Crippen LogP contribution in [0, 0.1) is 0 Å². The fourth-order valence-corrected chi connectivity index (χ4v) is 2.49. The summed E-state index contributed by atoms with van der Waals surface area (Å²) in [6.45, 7) is 5.31. The Hall–Kier alpha value is -1.55. The number of hydrogen-bond acceptors (Lipinski definition) is 3. The molecule has 0 fully saturated rings. The van der Waals surface area contributed by atoms with Crippen molar-refractivity contribution >= 4 is 11.6 Å². The zero-order valence-corrected chi connectivity index (χ0v) is 12.6. The standard InChI is InChI=1S/C16H24N2O2/c1-4-16(2,20-3)15(19)18-11-13-8-5-7-12-9-6-10-17-14(12)13/h5,7-8,17H,4,6,9-11H2,1-3H3,(H,18,19). The van der Waals surface area contributed by atoms with E-state index >= 15 is 0 Å². The van der Waals surface area contributed by atoms with Crippen LogP contribution in [0.25, 0.3) is 0 Å². The summed E-state index contributed by atoms with van der Waals surface area (Å²) in [4.78, 5) is 12.2. The maximum Gasteiger partial charge on any atom is 0.252 e. The van der Waals surface area contributed by atoms with E-state index in [-0.39, 0.29) is 5.91 Å². The van der Waals surface area contributed by atoms with Gasteiger partial charge in [0.1, 0.15) is 5.60 Å². The van der Waals surface area contributed by atoms with Crippen molar-refractivity contribution in [3.05, 3.63) is 29.3 Å². The molecule has 20 heavy (non-hydrogen) atoms. The normalized spacial score (nSPS) is 16.8. The second-order valence-electron chi connectivity index (χ2n) is 5.45. The minimum atomic E-state index is -0.748. The van der Waals surface area contributed by atoms with E-state index in [0.29, 0.717) is 13.0 Å². The summed E-state index contributed by atoms with van der Waals surface area (Å²) in [7, 11) is 1.58. The molecule has 1 aromatic carbocycles. The van der Waals surface area contributed by atoms with Crippen LogP contribution in [0.2, 0.25) is 0 Å². The molecule has 4 nitrogen and oxygen atoms in total. The van der Waals surface area contributed by atoms with Gasteiger partial charge in [-0.25, -0.2) is 0 Å². The second kappa shape index (κ2) is 6.27. The molecule has 0 spiro atoms. The number of amides is 1. The van der Waals surface area contributed by atoms with Crippen molar-refractivity contribution < 1.29 is 9.53 Å². The highest BCUT2D eigenvalue weighted by Gasteiger charge is 2.30. The SMILES string of the molecule is CCC(C)(OC)C(=O)NCc1cccc2c1NCCC2. The van der Waals surface area contributed by atoms with Crippen molar-refractivity contribution in [2.45, 2.75) is 45.3 Å².